The maximum Gasteiger partial charge on any atom is 0.234 e. The number of methoxy groups -OCH3 is 2. The van der Waals surface area contributed by atoms with E-state index in [4.69, 9.17) is 27.4 Å². The van der Waals surface area contributed by atoms with E-state index in [1.54, 1.807) is 14.2 Å². The maximum absolute atomic E-state index is 11.6. The van der Waals surface area contributed by atoms with E-state index in [2.05, 4.69) is 5.32 Å². The van der Waals surface area contributed by atoms with Crippen molar-refractivity contribution in [3.05, 3.63) is 0 Å². The van der Waals surface area contributed by atoms with Crippen molar-refractivity contribution in [2.75, 3.05) is 53.6 Å². The molecule has 0 aromatic heterocycles. The van der Waals surface area contributed by atoms with Gasteiger partial charge in [-0.05, 0) is 0 Å². The molecule has 0 saturated heterocycles. The molecule has 0 rings (SSSR count). The first kappa shape index (κ1) is 17.2. The molecule has 0 aliphatic heterocycles. The van der Waals surface area contributed by atoms with Gasteiger partial charge in [-0.3, -0.25) is 9.69 Å². The molecule has 3 N–H and O–H groups in total. The van der Waals surface area contributed by atoms with Gasteiger partial charge in [-0.1, -0.05) is 12.2 Å². The minimum absolute atomic E-state index is 0.0360. The summed E-state index contributed by atoms with van der Waals surface area (Å²) in [5.74, 6) is -0.0360. The Morgan fingerprint density at radius 3 is 2.50 bits per heavy atom. The Labute approximate surface area is 114 Å². The van der Waals surface area contributed by atoms with Crippen molar-refractivity contribution in [2.24, 2.45) is 5.73 Å². The molecule has 0 aliphatic rings. The summed E-state index contributed by atoms with van der Waals surface area (Å²) in [6.07, 6.45) is 0.602. The zero-order valence-corrected chi connectivity index (χ0v) is 11.9. The molecule has 0 heterocycles. The predicted molar refractivity (Wildman–Crippen MR) is 74.6 cm³/mol. The van der Waals surface area contributed by atoms with Crippen LogP contribution in [-0.4, -0.2) is 69.4 Å². The Kier molecular flexibility index (Phi) is 10.9. The highest BCUT2D eigenvalue weighted by molar-refractivity contribution is 7.80. The molecule has 0 atom stereocenters. The van der Waals surface area contributed by atoms with Gasteiger partial charge in [0, 0.05) is 40.3 Å². The molecule has 0 radical (unpaired) electrons. The van der Waals surface area contributed by atoms with E-state index in [0.717, 1.165) is 0 Å². The second-order valence-corrected chi connectivity index (χ2v) is 4.35. The van der Waals surface area contributed by atoms with Gasteiger partial charge >= 0.3 is 0 Å². The topological polar surface area (TPSA) is 76.8 Å². The maximum atomic E-state index is 11.6. The second kappa shape index (κ2) is 11.3. The molecule has 0 fully saturated rings. The monoisotopic (exact) mass is 277 g/mol. The number of ether oxygens (including phenoxy) is 2. The summed E-state index contributed by atoms with van der Waals surface area (Å²) in [6, 6.07) is 0. The van der Waals surface area contributed by atoms with E-state index in [1.165, 1.54) is 0 Å². The summed E-state index contributed by atoms with van der Waals surface area (Å²) >= 11 is 4.83. The molecule has 7 heteroatoms. The zero-order valence-electron chi connectivity index (χ0n) is 11.1. The Hall–Kier alpha value is -0.760. The first-order chi connectivity index (χ1) is 8.60. The SMILES string of the molecule is COCCNC(=O)CN(CCOC)CCC(N)=S. The number of nitrogens with two attached hydrogens (primary N) is 1. The lowest BCUT2D eigenvalue weighted by Crippen LogP contribution is -2.40. The van der Waals surface area contributed by atoms with E-state index in [-0.39, 0.29) is 5.91 Å². The molecule has 6 nitrogen and oxygen atoms in total. The second-order valence-electron chi connectivity index (χ2n) is 3.83. The molecule has 18 heavy (non-hydrogen) atoms. The average molecular weight is 277 g/mol. The van der Waals surface area contributed by atoms with Gasteiger partial charge in [0.1, 0.15) is 0 Å². The van der Waals surface area contributed by atoms with Gasteiger partial charge in [-0.15, -0.1) is 0 Å². The summed E-state index contributed by atoms with van der Waals surface area (Å²) in [5, 5.41) is 2.77. The van der Waals surface area contributed by atoms with Crippen LogP contribution in [-0.2, 0) is 14.3 Å². The number of hydrogen-bond donors (Lipinski definition) is 2. The van der Waals surface area contributed by atoms with E-state index in [0.29, 0.717) is 50.8 Å². The first-order valence-corrected chi connectivity index (χ1v) is 6.26. The van der Waals surface area contributed by atoms with Crippen LogP contribution in [0, 0.1) is 0 Å². The molecule has 0 saturated carbocycles. The molecule has 0 aromatic rings. The van der Waals surface area contributed by atoms with Crippen molar-refractivity contribution in [1.82, 2.24) is 10.2 Å². The van der Waals surface area contributed by atoms with Crippen LogP contribution in [0.1, 0.15) is 6.42 Å². The fraction of sp³-hybridized carbons (Fsp3) is 0.818. The van der Waals surface area contributed by atoms with Gasteiger partial charge in [0.05, 0.1) is 24.7 Å². The average Bonchev–Trinajstić information content (AvgIpc) is 2.32. The van der Waals surface area contributed by atoms with E-state index < -0.39 is 0 Å². The first-order valence-electron chi connectivity index (χ1n) is 5.85. The smallest absolute Gasteiger partial charge is 0.234 e. The predicted octanol–water partition coefficient (Wildman–Crippen LogP) is -0.626. The number of thiocarbonyl (C=S) groups is 1. The number of nitrogens with one attached hydrogen (secondary N) is 1. The van der Waals surface area contributed by atoms with Crippen molar-refractivity contribution in [3.8, 4) is 0 Å². The van der Waals surface area contributed by atoms with Crippen LogP contribution in [0.5, 0.6) is 0 Å². The van der Waals surface area contributed by atoms with Crippen LogP contribution < -0.4 is 11.1 Å². The van der Waals surface area contributed by atoms with Crippen LogP contribution in [0.25, 0.3) is 0 Å². The van der Waals surface area contributed by atoms with Gasteiger partial charge in [-0.25, -0.2) is 0 Å². The lowest BCUT2D eigenvalue weighted by atomic mass is 10.3. The van der Waals surface area contributed by atoms with E-state index in [1.807, 2.05) is 4.90 Å². The quantitative estimate of drug-likeness (QED) is 0.387. The fourth-order valence-electron chi connectivity index (χ4n) is 1.31. The summed E-state index contributed by atoms with van der Waals surface area (Å²) in [4.78, 5) is 14.0. The number of carbonyl (C=O) groups excluding carboxylic acids is 1. The third kappa shape index (κ3) is 10.4. The number of carbonyl (C=O) groups is 1. The van der Waals surface area contributed by atoms with Gasteiger partial charge in [0.2, 0.25) is 5.91 Å². The molecule has 0 spiro atoms. The molecular weight excluding hydrogens is 254 g/mol. The third-order valence-corrected chi connectivity index (χ3v) is 2.49. The Balaban J connectivity index is 3.96. The fourth-order valence-corrected chi connectivity index (χ4v) is 1.40. The van der Waals surface area contributed by atoms with Crippen LogP contribution >= 0.6 is 12.2 Å². The van der Waals surface area contributed by atoms with Crippen molar-refractivity contribution >= 4 is 23.1 Å². The molecular formula is C11H23N3O3S. The Bertz CT molecular complexity index is 252. The number of rotatable bonds is 11. The highest BCUT2D eigenvalue weighted by Crippen LogP contribution is 1.92. The zero-order chi connectivity index (χ0) is 13.8. The molecule has 0 unspecified atom stereocenters. The van der Waals surface area contributed by atoms with Crippen molar-refractivity contribution < 1.29 is 14.3 Å². The normalized spacial score (nSPS) is 10.6. The Morgan fingerprint density at radius 2 is 1.94 bits per heavy atom. The lowest BCUT2D eigenvalue weighted by Gasteiger charge is -2.21. The summed E-state index contributed by atoms with van der Waals surface area (Å²) in [5.41, 5.74) is 5.45. The van der Waals surface area contributed by atoms with Gasteiger partial charge < -0.3 is 20.5 Å². The van der Waals surface area contributed by atoms with E-state index in [9.17, 15) is 4.79 Å². The standard InChI is InChI=1S/C11H23N3O3S/c1-16-7-4-13-11(15)9-14(6-8-17-2)5-3-10(12)18/h3-9H2,1-2H3,(H2,12,18)(H,13,15). The molecule has 0 aliphatic carbocycles. The van der Waals surface area contributed by atoms with Crippen LogP contribution in [0.3, 0.4) is 0 Å². The van der Waals surface area contributed by atoms with Crippen molar-refractivity contribution in [3.63, 3.8) is 0 Å². The largest absolute Gasteiger partial charge is 0.393 e. The minimum Gasteiger partial charge on any atom is -0.393 e. The molecule has 106 valence electrons. The van der Waals surface area contributed by atoms with Crippen LogP contribution in [0.4, 0.5) is 0 Å². The van der Waals surface area contributed by atoms with Crippen LogP contribution in [0.2, 0.25) is 0 Å². The minimum atomic E-state index is -0.0360. The summed E-state index contributed by atoms with van der Waals surface area (Å²) in [6.45, 7) is 3.25. The van der Waals surface area contributed by atoms with Crippen LogP contribution in [0.15, 0.2) is 0 Å². The summed E-state index contributed by atoms with van der Waals surface area (Å²) in [7, 11) is 3.23. The molecule has 0 bridgehead atoms. The summed E-state index contributed by atoms with van der Waals surface area (Å²) < 4.78 is 9.86. The van der Waals surface area contributed by atoms with Gasteiger partial charge in [-0.2, -0.15) is 0 Å². The number of nitrogens with zero attached hydrogens (tertiary/aromatic N) is 1. The highest BCUT2D eigenvalue weighted by Gasteiger charge is 2.10. The molecule has 0 aromatic carbocycles. The lowest BCUT2D eigenvalue weighted by molar-refractivity contribution is -0.122. The van der Waals surface area contributed by atoms with Gasteiger partial charge in [0.15, 0.2) is 0 Å². The molecule has 1 amide bonds. The highest BCUT2D eigenvalue weighted by atomic mass is 32.1. The van der Waals surface area contributed by atoms with Gasteiger partial charge in [0.25, 0.3) is 0 Å². The van der Waals surface area contributed by atoms with E-state index >= 15 is 0 Å². The van der Waals surface area contributed by atoms with Crippen molar-refractivity contribution in [2.45, 2.75) is 6.42 Å². The van der Waals surface area contributed by atoms with Crippen molar-refractivity contribution in [1.29, 1.82) is 0 Å². The number of amides is 1. The third-order valence-electron chi connectivity index (χ3n) is 2.28. The number of hydrogen-bond acceptors (Lipinski definition) is 5. The Morgan fingerprint density at radius 1 is 1.28 bits per heavy atom.